The fraction of sp³-hybridized carbons (Fsp3) is 0.786. The lowest BCUT2D eigenvalue weighted by Gasteiger charge is -2.44. The zero-order valence-corrected chi connectivity index (χ0v) is 12.6. The van der Waals surface area contributed by atoms with Gasteiger partial charge in [0.05, 0.1) is 11.5 Å². The van der Waals surface area contributed by atoms with Gasteiger partial charge in [-0.2, -0.15) is 0 Å². The Morgan fingerprint density at radius 1 is 1.29 bits per heavy atom. The first kappa shape index (κ1) is 15.7. The molecule has 2 N–H and O–H groups in total. The average molecular weight is 347 g/mol. The predicted molar refractivity (Wildman–Crippen MR) is 71.2 cm³/mol. The lowest BCUT2D eigenvalue weighted by Crippen LogP contribution is -2.57. The lowest BCUT2D eigenvalue weighted by molar-refractivity contribution is -0.352. The fourth-order valence-electron chi connectivity index (χ4n) is 4.38. The Balaban J connectivity index is 1.37. The first-order valence-corrected chi connectivity index (χ1v) is 7.78. The highest BCUT2D eigenvalue weighted by molar-refractivity contribution is 5.66. The van der Waals surface area contributed by atoms with E-state index in [-0.39, 0.29) is 24.2 Å². The van der Waals surface area contributed by atoms with E-state index in [1.165, 1.54) is 0 Å². The second-order valence-corrected chi connectivity index (χ2v) is 7.14. The number of alkyl halides is 3. The molecule has 1 heterocycles. The summed E-state index contributed by atoms with van der Waals surface area (Å²) in [4.78, 5) is 10.8. The van der Waals surface area contributed by atoms with Crippen molar-refractivity contribution in [3.63, 3.8) is 0 Å². The third-order valence-electron chi connectivity index (χ3n) is 5.45. The molecule has 10 heteroatoms. The third-order valence-corrected chi connectivity index (χ3v) is 5.45. The van der Waals surface area contributed by atoms with Crippen molar-refractivity contribution in [2.24, 2.45) is 0 Å². The van der Waals surface area contributed by atoms with Crippen LogP contribution in [0.3, 0.4) is 0 Å². The van der Waals surface area contributed by atoms with Gasteiger partial charge in [0.25, 0.3) is 0 Å². The molecular weight excluding hydrogens is 331 g/mol. The van der Waals surface area contributed by atoms with Crippen molar-refractivity contribution in [3.05, 3.63) is 11.8 Å². The van der Waals surface area contributed by atoms with Gasteiger partial charge in [0.15, 0.2) is 0 Å². The quantitative estimate of drug-likeness (QED) is 0.869. The SMILES string of the molecule is O=C(O)NC12CCC(c3nnc(C4CC(OC(F)(F)F)C4)o3)(C1)C2. The zero-order chi connectivity index (χ0) is 17.2. The van der Waals surface area contributed by atoms with Crippen LogP contribution in [0.2, 0.25) is 0 Å². The molecule has 5 rings (SSSR count). The number of hydrogen-bond donors (Lipinski definition) is 2. The Labute approximate surface area is 134 Å². The Kier molecular flexibility index (Phi) is 3.16. The van der Waals surface area contributed by atoms with Crippen molar-refractivity contribution >= 4 is 6.09 Å². The molecule has 1 amide bonds. The Hall–Kier alpha value is -1.84. The van der Waals surface area contributed by atoms with Crippen molar-refractivity contribution in [2.75, 3.05) is 0 Å². The van der Waals surface area contributed by atoms with Gasteiger partial charge in [-0.1, -0.05) is 0 Å². The summed E-state index contributed by atoms with van der Waals surface area (Å²) >= 11 is 0. The highest BCUT2D eigenvalue weighted by atomic mass is 19.4. The molecule has 0 spiro atoms. The number of halogens is 3. The van der Waals surface area contributed by atoms with Gasteiger partial charge in [-0.3, -0.25) is 4.74 Å². The van der Waals surface area contributed by atoms with Crippen molar-refractivity contribution < 1.29 is 32.2 Å². The molecule has 24 heavy (non-hydrogen) atoms. The molecule has 1 aromatic heterocycles. The third kappa shape index (κ3) is 2.52. The van der Waals surface area contributed by atoms with Crippen LogP contribution in [0.15, 0.2) is 4.42 Å². The summed E-state index contributed by atoms with van der Waals surface area (Å²) in [6.07, 6.45) is -3.37. The average Bonchev–Trinajstić information content (AvgIpc) is 3.03. The number of amides is 1. The van der Waals surface area contributed by atoms with Crippen LogP contribution in [0, 0.1) is 0 Å². The standard InChI is InChI=1S/C14H16F3N3O4/c15-14(16,17)24-8-3-7(4-8)9-19-20-10(23-9)12-1-2-13(5-12,6-12)18-11(21)22/h7-8,18H,1-6H2,(H,21,22). The lowest BCUT2D eigenvalue weighted by atomic mass is 9.65. The van der Waals surface area contributed by atoms with E-state index < -0.39 is 24.1 Å². The number of ether oxygens (including phenoxy) is 1. The van der Waals surface area contributed by atoms with Crippen LogP contribution in [0.25, 0.3) is 0 Å². The van der Waals surface area contributed by atoms with Crippen LogP contribution in [0.1, 0.15) is 56.2 Å². The van der Waals surface area contributed by atoms with Crippen LogP contribution in [0.5, 0.6) is 0 Å². The highest BCUT2D eigenvalue weighted by Gasteiger charge is 2.65. The second kappa shape index (κ2) is 4.84. The minimum absolute atomic E-state index is 0.207. The summed E-state index contributed by atoms with van der Waals surface area (Å²) in [6.45, 7) is 0. The van der Waals surface area contributed by atoms with Gasteiger partial charge in [-0.05, 0) is 38.5 Å². The molecule has 0 aromatic carbocycles. The number of carboxylic acid groups (broad SMARTS) is 1. The molecule has 2 bridgehead atoms. The number of hydrogen-bond acceptors (Lipinski definition) is 5. The molecule has 4 saturated carbocycles. The van der Waals surface area contributed by atoms with Gasteiger partial charge in [-0.25, -0.2) is 4.79 Å². The summed E-state index contributed by atoms with van der Waals surface area (Å²) in [5, 5.41) is 19.5. The van der Waals surface area contributed by atoms with E-state index in [1.54, 1.807) is 0 Å². The van der Waals surface area contributed by atoms with Gasteiger partial charge in [-0.15, -0.1) is 23.4 Å². The second-order valence-electron chi connectivity index (χ2n) is 7.14. The highest BCUT2D eigenvalue weighted by Crippen LogP contribution is 2.62. The van der Waals surface area contributed by atoms with E-state index in [0.717, 1.165) is 12.8 Å². The van der Waals surface area contributed by atoms with Crippen molar-refractivity contribution in [1.82, 2.24) is 15.5 Å². The largest absolute Gasteiger partial charge is 0.522 e. The molecule has 132 valence electrons. The number of nitrogens with one attached hydrogen (secondary N) is 1. The monoisotopic (exact) mass is 347 g/mol. The molecular formula is C14H16F3N3O4. The molecule has 0 aliphatic heterocycles. The van der Waals surface area contributed by atoms with E-state index in [0.29, 0.717) is 24.6 Å². The van der Waals surface area contributed by atoms with Crippen molar-refractivity contribution in [1.29, 1.82) is 0 Å². The Morgan fingerprint density at radius 2 is 2.00 bits per heavy atom. The maximum absolute atomic E-state index is 12.1. The number of carbonyl (C=O) groups is 1. The molecule has 4 aliphatic rings. The molecule has 0 saturated heterocycles. The van der Waals surface area contributed by atoms with Crippen LogP contribution in [-0.4, -0.2) is 39.4 Å². The van der Waals surface area contributed by atoms with Crippen LogP contribution in [0.4, 0.5) is 18.0 Å². The van der Waals surface area contributed by atoms with Crippen molar-refractivity contribution in [2.45, 2.75) is 67.9 Å². The van der Waals surface area contributed by atoms with E-state index in [9.17, 15) is 18.0 Å². The smallest absolute Gasteiger partial charge is 0.465 e. The predicted octanol–water partition coefficient (Wildman–Crippen LogP) is 2.68. The summed E-state index contributed by atoms with van der Waals surface area (Å²) in [7, 11) is 0. The summed E-state index contributed by atoms with van der Waals surface area (Å²) < 4.78 is 46.0. The molecule has 0 unspecified atom stereocenters. The summed E-state index contributed by atoms with van der Waals surface area (Å²) in [5.41, 5.74) is -0.693. The molecule has 1 aromatic rings. The molecule has 0 radical (unpaired) electrons. The molecule has 7 nitrogen and oxygen atoms in total. The topological polar surface area (TPSA) is 97.5 Å². The van der Waals surface area contributed by atoms with E-state index in [1.807, 2.05) is 0 Å². The van der Waals surface area contributed by atoms with Crippen LogP contribution in [-0.2, 0) is 10.2 Å². The van der Waals surface area contributed by atoms with E-state index in [2.05, 4.69) is 20.3 Å². The Morgan fingerprint density at radius 3 is 2.62 bits per heavy atom. The number of aromatic nitrogens is 2. The minimum atomic E-state index is -4.62. The first-order chi connectivity index (χ1) is 11.2. The zero-order valence-electron chi connectivity index (χ0n) is 12.6. The summed E-state index contributed by atoms with van der Waals surface area (Å²) in [5.74, 6) is 0.605. The van der Waals surface area contributed by atoms with Crippen LogP contribution >= 0.6 is 0 Å². The van der Waals surface area contributed by atoms with E-state index in [4.69, 9.17) is 9.52 Å². The van der Waals surface area contributed by atoms with Gasteiger partial charge >= 0.3 is 12.5 Å². The molecule has 0 atom stereocenters. The fourth-order valence-corrected chi connectivity index (χ4v) is 4.38. The molecule has 4 aliphatic carbocycles. The van der Waals surface area contributed by atoms with E-state index >= 15 is 0 Å². The van der Waals surface area contributed by atoms with Gasteiger partial charge in [0, 0.05) is 11.5 Å². The van der Waals surface area contributed by atoms with Gasteiger partial charge < -0.3 is 14.8 Å². The Bertz CT molecular complexity index is 662. The normalized spacial score (nSPS) is 37.6. The van der Waals surface area contributed by atoms with Gasteiger partial charge in [0.1, 0.15) is 0 Å². The maximum atomic E-state index is 12.1. The maximum Gasteiger partial charge on any atom is 0.522 e. The minimum Gasteiger partial charge on any atom is -0.465 e. The molecule has 4 fully saturated rings. The van der Waals surface area contributed by atoms with Crippen LogP contribution < -0.4 is 5.32 Å². The first-order valence-electron chi connectivity index (χ1n) is 7.78. The number of fused-ring (bicyclic) bond motifs is 1. The number of rotatable bonds is 4. The van der Waals surface area contributed by atoms with Crippen molar-refractivity contribution in [3.8, 4) is 0 Å². The van der Waals surface area contributed by atoms with Gasteiger partial charge in [0.2, 0.25) is 11.8 Å². The summed E-state index contributed by atoms with van der Waals surface area (Å²) in [6, 6.07) is 0. The number of nitrogens with zero attached hydrogens (tertiary/aromatic N) is 2.